The van der Waals surface area contributed by atoms with Crippen LogP contribution in [0.5, 0.6) is 0 Å². The molecule has 0 aliphatic carbocycles. The Morgan fingerprint density at radius 3 is 2.89 bits per heavy atom. The van der Waals surface area contributed by atoms with Gasteiger partial charge in [0.15, 0.2) is 11.2 Å². The zero-order chi connectivity index (χ0) is 13.8. The molecule has 0 radical (unpaired) electrons. The number of anilines is 1. The monoisotopic (exact) mass is 260 g/mol. The van der Waals surface area contributed by atoms with E-state index < -0.39 is 5.91 Å². The quantitative estimate of drug-likeness (QED) is 0.780. The van der Waals surface area contributed by atoms with Crippen molar-refractivity contribution < 1.29 is 4.79 Å². The molecule has 0 saturated heterocycles. The van der Waals surface area contributed by atoms with Crippen LogP contribution < -0.4 is 10.7 Å². The number of hydrogen-bond donors (Lipinski definition) is 3. The number of aromatic amines is 2. The molecule has 19 heavy (non-hydrogen) atoms. The van der Waals surface area contributed by atoms with E-state index in [1.807, 2.05) is 0 Å². The van der Waals surface area contributed by atoms with Gasteiger partial charge in [-0.15, -0.1) is 0 Å². The molecule has 0 bridgehead atoms. The highest BCUT2D eigenvalue weighted by molar-refractivity contribution is 6.03. The first-order valence-electron chi connectivity index (χ1n) is 6.15. The molecule has 0 aliphatic rings. The molecule has 2 rings (SSSR count). The van der Waals surface area contributed by atoms with Crippen LogP contribution in [0.1, 0.15) is 35.1 Å². The fourth-order valence-corrected chi connectivity index (χ4v) is 1.76. The van der Waals surface area contributed by atoms with Gasteiger partial charge >= 0.3 is 0 Å². The summed E-state index contributed by atoms with van der Waals surface area (Å²) in [6, 6.07) is 3.16. The van der Waals surface area contributed by atoms with Crippen molar-refractivity contribution in [2.24, 2.45) is 0 Å². The molecule has 0 spiro atoms. The number of rotatable bonds is 4. The molecule has 0 fully saturated rings. The topological polar surface area (TPSA) is 90.6 Å². The lowest BCUT2D eigenvalue weighted by Gasteiger charge is -2.01. The molecule has 2 aromatic rings. The van der Waals surface area contributed by atoms with Crippen molar-refractivity contribution in [2.45, 2.75) is 26.7 Å². The molecule has 0 unspecified atom stereocenters. The molecule has 6 nitrogen and oxygen atoms in total. The second-order valence-corrected chi connectivity index (χ2v) is 4.38. The average Bonchev–Trinajstić information content (AvgIpc) is 2.76. The van der Waals surface area contributed by atoms with E-state index in [2.05, 4.69) is 27.4 Å². The molecular formula is C13H16N4O2. The highest BCUT2D eigenvalue weighted by atomic mass is 16.2. The van der Waals surface area contributed by atoms with Crippen LogP contribution in [0.4, 0.5) is 5.82 Å². The SMILES string of the molecule is CCCc1cc(NC(=O)c2c[nH]c(C)cc2=O)n[nH]1. The number of pyridine rings is 1. The average molecular weight is 260 g/mol. The summed E-state index contributed by atoms with van der Waals surface area (Å²) in [6.07, 6.45) is 3.27. The van der Waals surface area contributed by atoms with Crippen molar-refractivity contribution in [1.29, 1.82) is 0 Å². The number of H-pyrrole nitrogens is 2. The predicted molar refractivity (Wildman–Crippen MR) is 72.3 cm³/mol. The Morgan fingerprint density at radius 1 is 1.42 bits per heavy atom. The van der Waals surface area contributed by atoms with Crippen LogP contribution in [0.25, 0.3) is 0 Å². The third-order valence-electron chi connectivity index (χ3n) is 2.69. The van der Waals surface area contributed by atoms with Crippen molar-refractivity contribution in [3.63, 3.8) is 0 Å². The molecule has 100 valence electrons. The number of carbonyl (C=O) groups excluding carboxylic acids is 1. The Morgan fingerprint density at radius 2 is 2.21 bits per heavy atom. The lowest BCUT2D eigenvalue weighted by molar-refractivity contribution is 0.102. The third kappa shape index (κ3) is 3.09. The number of nitrogens with zero attached hydrogens (tertiary/aromatic N) is 1. The van der Waals surface area contributed by atoms with Crippen LogP contribution in [0.2, 0.25) is 0 Å². The van der Waals surface area contributed by atoms with E-state index in [9.17, 15) is 9.59 Å². The van der Waals surface area contributed by atoms with Crippen LogP contribution in [-0.4, -0.2) is 21.1 Å². The van der Waals surface area contributed by atoms with Crippen LogP contribution >= 0.6 is 0 Å². The number of carbonyl (C=O) groups is 1. The molecule has 0 aromatic carbocycles. The van der Waals surface area contributed by atoms with Gasteiger partial charge in [0, 0.05) is 29.7 Å². The van der Waals surface area contributed by atoms with Gasteiger partial charge in [-0.1, -0.05) is 13.3 Å². The van der Waals surface area contributed by atoms with E-state index in [0.29, 0.717) is 11.5 Å². The molecule has 0 saturated carbocycles. The van der Waals surface area contributed by atoms with Crippen LogP contribution in [0.15, 0.2) is 23.1 Å². The van der Waals surface area contributed by atoms with Gasteiger partial charge in [-0.25, -0.2) is 0 Å². The Labute approximate surface area is 110 Å². The summed E-state index contributed by atoms with van der Waals surface area (Å²) >= 11 is 0. The van der Waals surface area contributed by atoms with E-state index in [0.717, 1.165) is 18.5 Å². The largest absolute Gasteiger partial charge is 0.364 e. The number of aromatic nitrogens is 3. The third-order valence-corrected chi connectivity index (χ3v) is 2.69. The van der Waals surface area contributed by atoms with Crippen LogP contribution in [0, 0.1) is 6.92 Å². The predicted octanol–water partition coefficient (Wildman–Crippen LogP) is 1.61. The van der Waals surface area contributed by atoms with Crippen molar-refractivity contribution >= 4 is 11.7 Å². The lowest BCUT2D eigenvalue weighted by atomic mass is 10.2. The molecule has 2 heterocycles. The molecule has 3 N–H and O–H groups in total. The van der Waals surface area contributed by atoms with Gasteiger partial charge in [0.25, 0.3) is 5.91 Å². The van der Waals surface area contributed by atoms with E-state index in [-0.39, 0.29) is 11.0 Å². The number of aryl methyl sites for hydroxylation is 2. The minimum absolute atomic E-state index is 0.0747. The Bertz CT molecular complexity index is 642. The van der Waals surface area contributed by atoms with Crippen molar-refractivity contribution in [2.75, 3.05) is 5.32 Å². The first kappa shape index (κ1) is 13.1. The molecule has 0 atom stereocenters. The fraction of sp³-hybridized carbons (Fsp3) is 0.308. The highest BCUT2D eigenvalue weighted by Crippen LogP contribution is 2.08. The summed E-state index contributed by atoms with van der Waals surface area (Å²) in [4.78, 5) is 26.4. The van der Waals surface area contributed by atoms with Crippen molar-refractivity contribution in [3.05, 3.63) is 45.5 Å². The van der Waals surface area contributed by atoms with Crippen molar-refractivity contribution in [3.8, 4) is 0 Å². The maximum Gasteiger partial charge on any atom is 0.262 e. The minimum atomic E-state index is -0.462. The van der Waals surface area contributed by atoms with Crippen molar-refractivity contribution in [1.82, 2.24) is 15.2 Å². The molecule has 6 heteroatoms. The van der Waals surface area contributed by atoms with Gasteiger partial charge in [0.05, 0.1) is 0 Å². The Hall–Kier alpha value is -2.37. The molecule has 2 aromatic heterocycles. The Balaban J connectivity index is 2.13. The number of hydrogen-bond acceptors (Lipinski definition) is 3. The number of amides is 1. The number of nitrogens with one attached hydrogen (secondary N) is 3. The summed E-state index contributed by atoms with van der Waals surface area (Å²) in [5, 5.41) is 9.41. The maximum atomic E-state index is 11.9. The van der Waals surface area contributed by atoms with E-state index in [1.165, 1.54) is 12.3 Å². The summed E-state index contributed by atoms with van der Waals surface area (Å²) in [5.74, 6) is -0.0378. The van der Waals surface area contributed by atoms with Gasteiger partial charge in [-0.05, 0) is 13.3 Å². The zero-order valence-corrected chi connectivity index (χ0v) is 10.9. The van der Waals surface area contributed by atoms with E-state index in [4.69, 9.17) is 0 Å². The molecule has 0 aliphatic heterocycles. The minimum Gasteiger partial charge on any atom is -0.364 e. The smallest absolute Gasteiger partial charge is 0.262 e. The molecular weight excluding hydrogens is 244 g/mol. The van der Waals surface area contributed by atoms with Gasteiger partial charge < -0.3 is 10.3 Å². The van der Waals surface area contributed by atoms with Gasteiger partial charge in [-0.2, -0.15) is 5.10 Å². The molecule has 1 amide bonds. The van der Waals surface area contributed by atoms with E-state index in [1.54, 1.807) is 13.0 Å². The maximum absolute atomic E-state index is 11.9. The normalized spacial score (nSPS) is 10.4. The highest BCUT2D eigenvalue weighted by Gasteiger charge is 2.12. The summed E-state index contributed by atoms with van der Waals surface area (Å²) in [6.45, 7) is 3.82. The van der Waals surface area contributed by atoms with Gasteiger partial charge in [-0.3, -0.25) is 14.7 Å². The first-order valence-corrected chi connectivity index (χ1v) is 6.15. The zero-order valence-electron chi connectivity index (χ0n) is 10.9. The second kappa shape index (κ2) is 5.51. The van der Waals surface area contributed by atoms with Gasteiger partial charge in [0.2, 0.25) is 0 Å². The summed E-state index contributed by atoms with van der Waals surface area (Å²) in [5.41, 5.74) is 1.44. The van der Waals surface area contributed by atoms with E-state index >= 15 is 0 Å². The summed E-state index contributed by atoms with van der Waals surface area (Å²) in [7, 11) is 0. The lowest BCUT2D eigenvalue weighted by Crippen LogP contribution is -2.21. The van der Waals surface area contributed by atoms with Crippen LogP contribution in [-0.2, 0) is 6.42 Å². The fourth-order valence-electron chi connectivity index (χ4n) is 1.76. The van der Waals surface area contributed by atoms with Gasteiger partial charge in [0.1, 0.15) is 5.56 Å². The summed E-state index contributed by atoms with van der Waals surface area (Å²) < 4.78 is 0. The second-order valence-electron chi connectivity index (χ2n) is 4.38. The standard InChI is InChI=1S/C13H16N4O2/c1-3-4-9-6-12(17-16-9)15-13(19)10-7-14-8(2)5-11(10)18/h5-7H,3-4H2,1-2H3,(H,14,18)(H2,15,16,17,19). The Kier molecular flexibility index (Phi) is 3.79. The van der Waals surface area contributed by atoms with Crippen LogP contribution in [0.3, 0.4) is 0 Å². The first-order chi connectivity index (χ1) is 9.10.